The van der Waals surface area contributed by atoms with Crippen LogP contribution >= 0.6 is 0 Å². The minimum absolute atomic E-state index is 0. The van der Waals surface area contributed by atoms with Crippen LogP contribution in [-0.2, 0) is 11.1 Å². The summed E-state index contributed by atoms with van der Waals surface area (Å²) in [5, 5.41) is 0. The second-order valence-corrected chi connectivity index (χ2v) is 2.43. The van der Waals surface area contributed by atoms with Gasteiger partial charge in [-0.05, 0) is 6.42 Å². The standard InChI is InChI=1S/C4H10O2S.3H2O/c1-2-3-4-7(5)6;;;/h2-4H2,1H3,(H,5,6);3*1H2. The molecule has 0 aliphatic heterocycles. The van der Waals surface area contributed by atoms with Gasteiger partial charge >= 0.3 is 0 Å². The van der Waals surface area contributed by atoms with Crippen LogP contribution in [0.5, 0.6) is 0 Å². The third-order valence-corrected chi connectivity index (χ3v) is 1.31. The van der Waals surface area contributed by atoms with Crippen molar-refractivity contribution in [1.82, 2.24) is 0 Å². The molecule has 1 atom stereocenters. The summed E-state index contributed by atoms with van der Waals surface area (Å²) in [6.07, 6.45) is 1.84. The predicted octanol–water partition coefficient (Wildman–Crippen LogP) is -1.47. The minimum Gasteiger partial charge on any atom is -0.412 e. The third kappa shape index (κ3) is 24.5. The summed E-state index contributed by atoms with van der Waals surface area (Å²) in [4.78, 5) is 0. The lowest BCUT2D eigenvalue weighted by molar-refractivity contribution is 0.561. The highest BCUT2D eigenvalue weighted by Gasteiger charge is 1.87. The Hall–Kier alpha value is -0.0100. The van der Waals surface area contributed by atoms with E-state index in [1.807, 2.05) is 6.92 Å². The van der Waals surface area contributed by atoms with Gasteiger partial charge in [0, 0.05) is 5.75 Å². The highest BCUT2D eigenvalue weighted by molar-refractivity contribution is 7.79. The van der Waals surface area contributed by atoms with E-state index in [0.717, 1.165) is 12.8 Å². The molecule has 0 aromatic carbocycles. The van der Waals surface area contributed by atoms with Crippen molar-refractivity contribution in [1.29, 1.82) is 0 Å². The van der Waals surface area contributed by atoms with Crippen molar-refractivity contribution in [3.8, 4) is 0 Å². The zero-order chi connectivity index (χ0) is 5.70. The topological polar surface area (TPSA) is 132 Å². The first-order chi connectivity index (χ1) is 3.27. The molecule has 0 spiro atoms. The zero-order valence-corrected chi connectivity index (χ0v) is 6.70. The largest absolute Gasteiger partial charge is 0.412 e. The number of hydrogen-bond donors (Lipinski definition) is 1. The van der Waals surface area contributed by atoms with Gasteiger partial charge in [0.2, 0.25) is 0 Å². The molecule has 0 saturated heterocycles. The molecule has 1 unspecified atom stereocenters. The fraction of sp³-hybridized carbons (Fsp3) is 1.00. The van der Waals surface area contributed by atoms with E-state index < -0.39 is 11.1 Å². The molecule has 0 aromatic rings. The summed E-state index contributed by atoms with van der Waals surface area (Å²) < 4.78 is 18.0. The van der Waals surface area contributed by atoms with E-state index >= 15 is 0 Å². The van der Waals surface area contributed by atoms with E-state index in [1.54, 1.807) is 0 Å². The number of rotatable bonds is 3. The first kappa shape index (κ1) is 22.5. The maximum atomic E-state index is 9.87. The van der Waals surface area contributed by atoms with Crippen LogP contribution in [0.2, 0.25) is 0 Å². The summed E-state index contributed by atoms with van der Waals surface area (Å²) in [5.41, 5.74) is 0. The van der Waals surface area contributed by atoms with Crippen LogP contribution in [-0.4, -0.2) is 30.9 Å². The van der Waals surface area contributed by atoms with Gasteiger partial charge in [-0.2, -0.15) is 0 Å². The molecule has 7 N–H and O–H groups in total. The van der Waals surface area contributed by atoms with Crippen molar-refractivity contribution >= 4 is 11.1 Å². The highest BCUT2D eigenvalue weighted by atomic mass is 32.2. The fourth-order valence-electron chi connectivity index (χ4n) is 0.268. The van der Waals surface area contributed by atoms with E-state index in [9.17, 15) is 4.21 Å². The molecule has 0 saturated carbocycles. The summed E-state index contributed by atoms with van der Waals surface area (Å²) >= 11 is -1.57. The van der Waals surface area contributed by atoms with Crippen molar-refractivity contribution in [3.05, 3.63) is 0 Å². The van der Waals surface area contributed by atoms with Crippen molar-refractivity contribution < 1.29 is 25.2 Å². The molecule has 68 valence electrons. The predicted molar refractivity (Wildman–Crippen MR) is 41.4 cm³/mol. The highest BCUT2D eigenvalue weighted by Crippen LogP contribution is 1.86. The summed E-state index contributed by atoms with van der Waals surface area (Å²) in [6.45, 7) is 1.99. The van der Waals surface area contributed by atoms with E-state index in [2.05, 4.69) is 0 Å². The Labute approximate surface area is 62.7 Å². The molecular formula is C4H16O5S. The zero-order valence-electron chi connectivity index (χ0n) is 5.89. The molecule has 0 aliphatic carbocycles. The monoisotopic (exact) mass is 176 g/mol. The van der Waals surface area contributed by atoms with Gasteiger partial charge in [0.1, 0.15) is 0 Å². The van der Waals surface area contributed by atoms with Crippen LogP contribution in [0.3, 0.4) is 0 Å². The normalized spacial score (nSPS) is 9.80. The van der Waals surface area contributed by atoms with Crippen molar-refractivity contribution in [2.45, 2.75) is 19.8 Å². The van der Waals surface area contributed by atoms with Gasteiger partial charge in [0.25, 0.3) is 0 Å². The van der Waals surface area contributed by atoms with Gasteiger partial charge in [-0.1, -0.05) is 13.3 Å². The molecule has 0 rings (SSSR count). The van der Waals surface area contributed by atoms with Gasteiger partial charge in [0.05, 0.1) is 0 Å². The maximum Gasteiger partial charge on any atom is 0.152 e. The smallest absolute Gasteiger partial charge is 0.152 e. The number of hydrogen-bond acceptors (Lipinski definition) is 1. The lowest BCUT2D eigenvalue weighted by Gasteiger charge is -1.86. The second kappa shape index (κ2) is 16.0. The molecule has 0 aliphatic rings. The third-order valence-electron chi connectivity index (χ3n) is 0.673. The Bertz CT molecular complexity index is 66.7. The van der Waals surface area contributed by atoms with Gasteiger partial charge in [-0.3, -0.25) is 0 Å². The maximum absolute atomic E-state index is 9.87. The molecule has 0 radical (unpaired) electrons. The van der Waals surface area contributed by atoms with Crippen LogP contribution < -0.4 is 0 Å². The molecule has 6 heteroatoms. The van der Waals surface area contributed by atoms with Crippen molar-refractivity contribution in [3.63, 3.8) is 0 Å². The molecule has 5 nitrogen and oxygen atoms in total. The van der Waals surface area contributed by atoms with Crippen LogP contribution in [0.4, 0.5) is 0 Å². The van der Waals surface area contributed by atoms with Gasteiger partial charge in [-0.25, -0.2) is 4.21 Å². The summed E-state index contributed by atoms with van der Waals surface area (Å²) in [6, 6.07) is 0. The van der Waals surface area contributed by atoms with Gasteiger partial charge < -0.3 is 21.0 Å². The van der Waals surface area contributed by atoms with E-state index in [4.69, 9.17) is 4.55 Å². The molecule has 10 heavy (non-hydrogen) atoms. The van der Waals surface area contributed by atoms with Crippen LogP contribution in [0.15, 0.2) is 0 Å². The second-order valence-electron chi connectivity index (χ2n) is 1.38. The quantitative estimate of drug-likeness (QED) is 0.526. The van der Waals surface area contributed by atoms with E-state index in [0.29, 0.717) is 5.75 Å². The molecular weight excluding hydrogens is 160 g/mol. The Balaban J connectivity index is -0.0000000600. The first-order valence-electron chi connectivity index (χ1n) is 2.35. The molecule has 0 bridgehead atoms. The van der Waals surface area contributed by atoms with Crippen molar-refractivity contribution in [2.24, 2.45) is 0 Å². The number of unbranched alkanes of at least 4 members (excludes halogenated alkanes) is 1. The summed E-state index contributed by atoms with van der Waals surface area (Å²) in [7, 11) is 0. The van der Waals surface area contributed by atoms with Crippen LogP contribution in [0.1, 0.15) is 19.8 Å². The Morgan fingerprint density at radius 1 is 1.30 bits per heavy atom. The minimum atomic E-state index is -1.57. The Kier molecular flexibility index (Phi) is 36.0. The molecule has 0 aromatic heterocycles. The van der Waals surface area contributed by atoms with Crippen LogP contribution in [0, 0.1) is 0 Å². The molecule has 0 amide bonds. The average Bonchev–Trinajstić information content (AvgIpc) is 1.61. The van der Waals surface area contributed by atoms with Crippen molar-refractivity contribution in [2.75, 3.05) is 5.75 Å². The Morgan fingerprint density at radius 3 is 1.80 bits per heavy atom. The van der Waals surface area contributed by atoms with E-state index in [1.165, 1.54) is 0 Å². The van der Waals surface area contributed by atoms with E-state index in [-0.39, 0.29) is 16.4 Å². The molecule has 0 fully saturated rings. The molecule has 0 heterocycles. The lowest BCUT2D eigenvalue weighted by atomic mass is 10.4. The summed E-state index contributed by atoms with van der Waals surface area (Å²) in [5.74, 6) is 0.427. The first-order valence-corrected chi connectivity index (χ1v) is 3.62. The lowest BCUT2D eigenvalue weighted by Crippen LogP contribution is -1.92. The van der Waals surface area contributed by atoms with Crippen LogP contribution in [0.25, 0.3) is 0 Å². The Morgan fingerprint density at radius 2 is 1.70 bits per heavy atom. The van der Waals surface area contributed by atoms with Gasteiger partial charge in [-0.15, -0.1) is 0 Å². The fourth-order valence-corrected chi connectivity index (χ4v) is 0.803. The van der Waals surface area contributed by atoms with Gasteiger partial charge in [0.15, 0.2) is 11.1 Å². The SMILES string of the molecule is CCCCS(=O)O.O.O.O. The average molecular weight is 176 g/mol.